The van der Waals surface area contributed by atoms with Gasteiger partial charge in [-0.3, -0.25) is 0 Å². The number of nitrogens with zero attached hydrogens (tertiary/aromatic N) is 2. The van der Waals surface area contributed by atoms with Crippen LogP contribution in [-0.4, -0.2) is 25.0 Å². The molecule has 0 aliphatic carbocycles. The van der Waals surface area contributed by atoms with Crippen molar-refractivity contribution in [3.8, 4) is 0 Å². The van der Waals surface area contributed by atoms with Gasteiger partial charge in [0.2, 0.25) is 5.90 Å². The van der Waals surface area contributed by atoms with E-state index in [0.717, 1.165) is 24.3 Å². The quantitative estimate of drug-likeness (QED) is 0.611. The van der Waals surface area contributed by atoms with Crippen LogP contribution in [-0.2, 0) is 9.53 Å². The Bertz CT molecular complexity index is 820. The van der Waals surface area contributed by atoms with Gasteiger partial charge in [0, 0.05) is 24.3 Å². The molecule has 0 fully saturated rings. The van der Waals surface area contributed by atoms with E-state index >= 15 is 0 Å². The zero-order valence-electron chi connectivity index (χ0n) is 14.2. The van der Waals surface area contributed by atoms with Gasteiger partial charge in [-0.15, -0.1) is 0 Å². The highest BCUT2D eigenvalue weighted by molar-refractivity contribution is 6.12. The van der Waals surface area contributed by atoms with E-state index in [1.54, 1.807) is 6.08 Å². The lowest BCUT2D eigenvalue weighted by atomic mass is 10.1. The lowest BCUT2D eigenvalue weighted by Gasteiger charge is -2.20. The minimum atomic E-state index is -0.507. The molecule has 0 atom stereocenters. The summed E-state index contributed by atoms with van der Waals surface area (Å²) in [6.07, 6.45) is 1.69. The lowest BCUT2D eigenvalue weighted by molar-refractivity contribution is -0.129. The Morgan fingerprint density at radius 1 is 1.04 bits per heavy atom. The van der Waals surface area contributed by atoms with Crippen LogP contribution in [0.1, 0.15) is 25.0 Å². The second kappa shape index (κ2) is 7.30. The molecule has 0 saturated carbocycles. The number of hydrogen-bond donors (Lipinski definition) is 0. The Hall–Kier alpha value is -2.95. The van der Waals surface area contributed by atoms with Crippen LogP contribution in [0, 0.1) is 5.82 Å². The van der Waals surface area contributed by atoms with E-state index in [-0.39, 0.29) is 17.4 Å². The van der Waals surface area contributed by atoms with Crippen LogP contribution in [0.15, 0.2) is 59.2 Å². The Labute approximate surface area is 146 Å². The fourth-order valence-corrected chi connectivity index (χ4v) is 2.65. The summed E-state index contributed by atoms with van der Waals surface area (Å²) in [5, 5.41) is 0. The number of rotatable bonds is 5. The summed E-state index contributed by atoms with van der Waals surface area (Å²) in [5.74, 6) is -0.666. The molecule has 0 saturated heterocycles. The minimum absolute atomic E-state index is 0.191. The highest BCUT2D eigenvalue weighted by Crippen LogP contribution is 2.21. The molecule has 1 aliphatic rings. The topological polar surface area (TPSA) is 41.9 Å². The number of anilines is 1. The number of halogens is 1. The molecule has 0 spiro atoms. The van der Waals surface area contributed by atoms with E-state index in [1.165, 1.54) is 24.3 Å². The zero-order chi connectivity index (χ0) is 17.8. The first-order chi connectivity index (χ1) is 12.1. The molecular weight excluding hydrogens is 319 g/mol. The van der Waals surface area contributed by atoms with Crippen LogP contribution in [0.25, 0.3) is 6.08 Å². The molecular formula is C20H19FN2O2. The molecule has 1 heterocycles. The first-order valence-corrected chi connectivity index (χ1v) is 8.24. The number of esters is 1. The zero-order valence-corrected chi connectivity index (χ0v) is 14.2. The average Bonchev–Trinajstić information content (AvgIpc) is 2.99. The lowest BCUT2D eigenvalue weighted by Crippen LogP contribution is -2.21. The Morgan fingerprint density at radius 2 is 1.68 bits per heavy atom. The molecule has 4 nitrogen and oxygen atoms in total. The highest BCUT2D eigenvalue weighted by atomic mass is 19.1. The predicted molar refractivity (Wildman–Crippen MR) is 97.0 cm³/mol. The van der Waals surface area contributed by atoms with Crippen molar-refractivity contribution in [2.24, 2.45) is 4.99 Å². The number of cyclic esters (lactones) is 1. The summed E-state index contributed by atoms with van der Waals surface area (Å²) in [7, 11) is 0. The van der Waals surface area contributed by atoms with E-state index < -0.39 is 5.97 Å². The first-order valence-electron chi connectivity index (χ1n) is 8.24. The van der Waals surface area contributed by atoms with Crippen LogP contribution in [0.3, 0.4) is 0 Å². The molecule has 2 aromatic rings. The van der Waals surface area contributed by atoms with Crippen molar-refractivity contribution in [2.75, 3.05) is 18.0 Å². The number of carbonyl (C=O) groups is 1. The van der Waals surface area contributed by atoms with E-state index in [1.807, 2.05) is 24.3 Å². The van der Waals surface area contributed by atoms with Gasteiger partial charge in [-0.25, -0.2) is 14.2 Å². The van der Waals surface area contributed by atoms with Crippen molar-refractivity contribution in [3.05, 3.63) is 71.2 Å². The number of ether oxygens (including phenoxy) is 1. The molecule has 25 heavy (non-hydrogen) atoms. The maximum atomic E-state index is 13.0. The summed E-state index contributed by atoms with van der Waals surface area (Å²) in [6.45, 7) is 6.10. The Morgan fingerprint density at radius 3 is 2.28 bits per heavy atom. The average molecular weight is 338 g/mol. The molecule has 0 bridgehead atoms. The maximum Gasteiger partial charge on any atom is 0.363 e. The molecule has 3 rings (SSSR count). The smallest absolute Gasteiger partial charge is 0.363 e. The molecule has 2 aromatic carbocycles. The largest absolute Gasteiger partial charge is 0.402 e. The third-order valence-corrected chi connectivity index (χ3v) is 4.04. The van der Waals surface area contributed by atoms with Gasteiger partial charge in [-0.1, -0.05) is 12.1 Å². The molecule has 0 N–H and O–H groups in total. The van der Waals surface area contributed by atoms with E-state index in [2.05, 4.69) is 23.7 Å². The normalized spacial score (nSPS) is 15.2. The van der Waals surface area contributed by atoms with Gasteiger partial charge in [0.15, 0.2) is 5.70 Å². The SMILES string of the molecule is CCN(CC)c1ccc(C=C2N=C(c3ccc(F)cc3)OC2=O)cc1. The fourth-order valence-electron chi connectivity index (χ4n) is 2.65. The summed E-state index contributed by atoms with van der Waals surface area (Å²) in [5.41, 5.74) is 2.80. The second-order valence-electron chi connectivity index (χ2n) is 5.61. The number of benzene rings is 2. The Kier molecular flexibility index (Phi) is 4.93. The van der Waals surface area contributed by atoms with E-state index in [9.17, 15) is 9.18 Å². The van der Waals surface area contributed by atoms with Crippen molar-refractivity contribution < 1.29 is 13.9 Å². The molecule has 0 unspecified atom stereocenters. The molecule has 1 aliphatic heterocycles. The maximum absolute atomic E-state index is 13.0. The number of carbonyl (C=O) groups excluding carboxylic acids is 1. The van der Waals surface area contributed by atoms with Crippen molar-refractivity contribution in [1.82, 2.24) is 0 Å². The van der Waals surface area contributed by atoms with Gasteiger partial charge >= 0.3 is 5.97 Å². The third kappa shape index (κ3) is 3.76. The number of hydrogen-bond acceptors (Lipinski definition) is 4. The second-order valence-corrected chi connectivity index (χ2v) is 5.61. The summed E-state index contributed by atoms with van der Waals surface area (Å²) in [4.78, 5) is 18.5. The van der Waals surface area contributed by atoms with E-state index in [4.69, 9.17) is 4.74 Å². The molecule has 0 aromatic heterocycles. The van der Waals surface area contributed by atoms with Crippen LogP contribution in [0.2, 0.25) is 0 Å². The number of aliphatic imine (C=N–C) groups is 1. The monoisotopic (exact) mass is 338 g/mol. The van der Waals surface area contributed by atoms with Gasteiger partial charge in [0.25, 0.3) is 0 Å². The van der Waals surface area contributed by atoms with Crippen molar-refractivity contribution in [2.45, 2.75) is 13.8 Å². The van der Waals surface area contributed by atoms with Gasteiger partial charge in [0.1, 0.15) is 5.82 Å². The third-order valence-electron chi connectivity index (χ3n) is 4.04. The molecule has 0 amide bonds. The van der Waals surface area contributed by atoms with Crippen molar-refractivity contribution in [3.63, 3.8) is 0 Å². The van der Waals surface area contributed by atoms with Gasteiger partial charge < -0.3 is 9.64 Å². The van der Waals surface area contributed by atoms with Gasteiger partial charge in [-0.05, 0) is 61.9 Å². The van der Waals surface area contributed by atoms with Crippen LogP contribution >= 0.6 is 0 Å². The van der Waals surface area contributed by atoms with Crippen LogP contribution in [0.4, 0.5) is 10.1 Å². The summed E-state index contributed by atoms with van der Waals surface area (Å²) in [6, 6.07) is 13.6. The Balaban J connectivity index is 1.83. The van der Waals surface area contributed by atoms with Crippen LogP contribution in [0.5, 0.6) is 0 Å². The van der Waals surface area contributed by atoms with Crippen LogP contribution < -0.4 is 4.90 Å². The fraction of sp³-hybridized carbons (Fsp3) is 0.200. The summed E-state index contributed by atoms with van der Waals surface area (Å²) < 4.78 is 18.2. The van der Waals surface area contributed by atoms with Gasteiger partial charge in [0.05, 0.1) is 0 Å². The minimum Gasteiger partial charge on any atom is -0.402 e. The standard InChI is InChI=1S/C20H19FN2O2/c1-3-23(4-2)17-11-5-14(6-12-17)13-18-20(24)25-19(22-18)15-7-9-16(21)10-8-15/h5-13H,3-4H2,1-2H3. The van der Waals surface area contributed by atoms with E-state index in [0.29, 0.717) is 5.56 Å². The predicted octanol–water partition coefficient (Wildman–Crippen LogP) is 4.02. The highest BCUT2D eigenvalue weighted by Gasteiger charge is 2.24. The molecule has 0 radical (unpaired) electrons. The van der Waals surface area contributed by atoms with Crippen molar-refractivity contribution >= 4 is 23.6 Å². The first kappa shape index (κ1) is 16.9. The molecule has 5 heteroatoms. The molecule has 128 valence electrons. The summed E-state index contributed by atoms with van der Waals surface area (Å²) >= 11 is 0. The van der Waals surface area contributed by atoms with Gasteiger partial charge in [-0.2, -0.15) is 0 Å². The van der Waals surface area contributed by atoms with Crippen molar-refractivity contribution in [1.29, 1.82) is 0 Å².